The van der Waals surface area contributed by atoms with Gasteiger partial charge in [0.2, 0.25) is 0 Å². The van der Waals surface area contributed by atoms with Gasteiger partial charge in [-0.1, -0.05) is 35.9 Å². The van der Waals surface area contributed by atoms with Crippen LogP contribution in [0.2, 0.25) is 5.02 Å². The minimum absolute atomic E-state index is 0.0470. The molecular weight excluding hydrogens is 454 g/mol. The molecular formula is C27H20ClNO5. The number of hydrogen-bond donors (Lipinski definition) is 1. The van der Waals surface area contributed by atoms with E-state index in [-0.39, 0.29) is 17.2 Å². The van der Waals surface area contributed by atoms with Gasteiger partial charge in [-0.15, -0.1) is 0 Å². The van der Waals surface area contributed by atoms with Crippen LogP contribution in [0.4, 0.5) is 0 Å². The van der Waals surface area contributed by atoms with Crippen molar-refractivity contribution < 1.29 is 24.2 Å². The molecule has 170 valence electrons. The van der Waals surface area contributed by atoms with Gasteiger partial charge in [0.05, 0.1) is 29.5 Å². The van der Waals surface area contributed by atoms with Gasteiger partial charge in [-0.05, 0) is 48.9 Å². The maximum absolute atomic E-state index is 12.8. The molecule has 0 radical (unpaired) electrons. The van der Waals surface area contributed by atoms with Crippen molar-refractivity contribution in [3.05, 3.63) is 94.6 Å². The van der Waals surface area contributed by atoms with E-state index in [1.165, 1.54) is 0 Å². The molecule has 1 atom stereocenters. The van der Waals surface area contributed by atoms with Crippen LogP contribution in [-0.4, -0.2) is 28.4 Å². The van der Waals surface area contributed by atoms with Gasteiger partial charge in [-0.3, -0.25) is 14.6 Å². The van der Waals surface area contributed by atoms with E-state index in [1.54, 1.807) is 36.4 Å². The first-order valence-corrected chi connectivity index (χ1v) is 11.2. The molecule has 4 aromatic rings. The van der Waals surface area contributed by atoms with Crippen LogP contribution >= 0.6 is 11.6 Å². The number of aromatic nitrogens is 1. The predicted octanol–water partition coefficient (Wildman–Crippen LogP) is 6.06. The summed E-state index contributed by atoms with van der Waals surface area (Å²) in [5.74, 6) is -0.313. The number of carbonyl (C=O) groups is 2. The highest BCUT2D eigenvalue weighted by molar-refractivity contribution is 6.32. The van der Waals surface area contributed by atoms with Crippen LogP contribution in [0.25, 0.3) is 10.9 Å². The van der Waals surface area contributed by atoms with E-state index in [9.17, 15) is 14.7 Å². The van der Waals surface area contributed by atoms with Crippen LogP contribution in [0.5, 0.6) is 17.2 Å². The quantitative estimate of drug-likeness (QED) is 0.343. The summed E-state index contributed by atoms with van der Waals surface area (Å²) in [6, 6.07) is 21.6. The number of carboxylic acid groups (broad SMARTS) is 1. The Morgan fingerprint density at radius 1 is 1.06 bits per heavy atom. The lowest BCUT2D eigenvalue weighted by Crippen LogP contribution is -2.20. The minimum atomic E-state index is -0.909. The highest BCUT2D eigenvalue weighted by atomic mass is 35.5. The van der Waals surface area contributed by atoms with Crippen molar-refractivity contribution in [2.24, 2.45) is 0 Å². The highest BCUT2D eigenvalue weighted by Crippen LogP contribution is 2.41. The van der Waals surface area contributed by atoms with Gasteiger partial charge in [0.25, 0.3) is 0 Å². The number of Topliss-reactive ketones (excluding diaryl/α,β-unsaturated/α-hetero) is 1. The van der Waals surface area contributed by atoms with Crippen LogP contribution in [0.1, 0.15) is 34.0 Å². The summed E-state index contributed by atoms with van der Waals surface area (Å²) in [7, 11) is 0. The fourth-order valence-electron chi connectivity index (χ4n) is 4.03. The monoisotopic (exact) mass is 473 g/mol. The smallest absolute Gasteiger partial charge is 0.311 e. The summed E-state index contributed by atoms with van der Waals surface area (Å²) in [6.07, 6.45) is 0.590. The van der Waals surface area contributed by atoms with Crippen molar-refractivity contribution in [3.8, 4) is 17.2 Å². The lowest BCUT2D eigenvalue weighted by atomic mass is 9.93. The van der Waals surface area contributed by atoms with Gasteiger partial charge >= 0.3 is 5.97 Å². The molecule has 1 N–H and O–H groups in total. The molecule has 2 heterocycles. The fraction of sp³-hybridized carbons (Fsp3) is 0.148. The Balaban J connectivity index is 1.30. The zero-order chi connectivity index (χ0) is 23.7. The third kappa shape index (κ3) is 4.45. The van der Waals surface area contributed by atoms with Crippen molar-refractivity contribution in [1.29, 1.82) is 0 Å². The van der Waals surface area contributed by atoms with Gasteiger partial charge in [0.1, 0.15) is 17.2 Å². The average molecular weight is 474 g/mol. The summed E-state index contributed by atoms with van der Waals surface area (Å²) in [5, 5.41) is 10.8. The minimum Gasteiger partial charge on any atom is -0.493 e. The Morgan fingerprint density at radius 2 is 1.85 bits per heavy atom. The van der Waals surface area contributed by atoms with Gasteiger partial charge in [-0.25, -0.2) is 0 Å². The zero-order valence-electron chi connectivity index (χ0n) is 18.0. The maximum Gasteiger partial charge on any atom is 0.311 e. The average Bonchev–Trinajstić information content (AvgIpc) is 2.84. The number of aliphatic carboxylic acids is 1. The van der Waals surface area contributed by atoms with Crippen LogP contribution < -0.4 is 9.47 Å². The standard InChI is InChI=1S/C27H20ClNO5/c28-22-14-21-20(27(31)32)11-12-33-25(21)15-26(22)34-19-9-6-17(7-10-19)24(30)13-18-8-5-16-3-1-2-4-23(16)29-18/h1-10,14-15,20H,11-13H2,(H,31,32). The van der Waals surface area contributed by atoms with Crippen molar-refractivity contribution in [3.63, 3.8) is 0 Å². The van der Waals surface area contributed by atoms with E-state index in [4.69, 9.17) is 21.1 Å². The summed E-state index contributed by atoms with van der Waals surface area (Å²) < 4.78 is 11.5. The molecule has 0 bridgehead atoms. The first kappa shape index (κ1) is 21.9. The van der Waals surface area contributed by atoms with Gasteiger partial charge in [0, 0.05) is 28.3 Å². The van der Waals surface area contributed by atoms with Crippen molar-refractivity contribution in [2.45, 2.75) is 18.8 Å². The molecule has 1 aliphatic rings. The number of rotatable bonds is 6. The second-order valence-electron chi connectivity index (χ2n) is 8.07. The number of halogens is 1. The van der Waals surface area contributed by atoms with Crippen molar-refractivity contribution in [1.82, 2.24) is 4.98 Å². The third-order valence-electron chi connectivity index (χ3n) is 5.80. The molecule has 0 aliphatic carbocycles. The molecule has 0 saturated heterocycles. The van der Waals surface area contributed by atoms with Crippen LogP contribution in [0.15, 0.2) is 72.8 Å². The molecule has 3 aromatic carbocycles. The third-order valence-corrected chi connectivity index (χ3v) is 6.10. The SMILES string of the molecule is O=C(Cc1ccc2ccccc2n1)c1ccc(Oc2cc3c(cc2Cl)C(C(=O)O)CCO3)cc1. The molecule has 0 spiro atoms. The van der Waals surface area contributed by atoms with E-state index >= 15 is 0 Å². The molecule has 7 heteroatoms. The Bertz CT molecular complexity index is 1400. The van der Waals surface area contributed by atoms with Crippen LogP contribution in [0.3, 0.4) is 0 Å². The van der Waals surface area contributed by atoms with Crippen molar-refractivity contribution >= 4 is 34.3 Å². The van der Waals surface area contributed by atoms with E-state index in [0.717, 1.165) is 10.9 Å². The van der Waals surface area contributed by atoms with E-state index in [1.807, 2.05) is 36.4 Å². The zero-order valence-corrected chi connectivity index (χ0v) is 18.8. The number of carboxylic acids is 1. The molecule has 0 saturated carbocycles. The first-order valence-electron chi connectivity index (χ1n) is 10.8. The largest absolute Gasteiger partial charge is 0.493 e. The van der Waals surface area contributed by atoms with E-state index < -0.39 is 11.9 Å². The van der Waals surface area contributed by atoms with Crippen molar-refractivity contribution in [2.75, 3.05) is 6.61 Å². The number of hydrogen-bond acceptors (Lipinski definition) is 5. The molecule has 34 heavy (non-hydrogen) atoms. The predicted molar refractivity (Wildman–Crippen MR) is 128 cm³/mol. The number of pyridine rings is 1. The number of ketones is 1. The maximum atomic E-state index is 12.8. The summed E-state index contributed by atoms with van der Waals surface area (Å²) >= 11 is 6.36. The molecule has 0 fully saturated rings. The molecule has 0 amide bonds. The molecule has 5 rings (SSSR count). The summed E-state index contributed by atoms with van der Waals surface area (Å²) in [5.41, 5.74) is 2.66. The summed E-state index contributed by atoms with van der Waals surface area (Å²) in [6.45, 7) is 0.313. The molecule has 6 nitrogen and oxygen atoms in total. The Morgan fingerprint density at radius 3 is 2.65 bits per heavy atom. The van der Waals surface area contributed by atoms with E-state index in [0.29, 0.717) is 47.1 Å². The number of ether oxygens (including phenoxy) is 2. The Kier molecular flexibility index (Phi) is 5.90. The first-order chi connectivity index (χ1) is 16.5. The number of benzene rings is 3. The number of para-hydroxylation sites is 1. The van der Waals surface area contributed by atoms with E-state index in [2.05, 4.69) is 4.98 Å². The second-order valence-corrected chi connectivity index (χ2v) is 8.48. The van der Waals surface area contributed by atoms with Crippen LogP contribution in [-0.2, 0) is 11.2 Å². The lowest BCUT2D eigenvalue weighted by molar-refractivity contribution is -0.139. The fourth-order valence-corrected chi connectivity index (χ4v) is 4.24. The van der Waals surface area contributed by atoms with Gasteiger partial charge in [0.15, 0.2) is 5.78 Å². The van der Waals surface area contributed by atoms with Gasteiger partial charge < -0.3 is 14.6 Å². The molecule has 1 aromatic heterocycles. The number of fused-ring (bicyclic) bond motifs is 2. The van der Waals surface area contributed by atoms with Gasteiger partial charge in [-0.2, -0.15) is 0 Å². The highest BCUT2D eigenvalue weighted by Gasteiger charge is 2.29. The molecule has 1 unspecified atom stereocenters. The number of carbonyl (C=O) groups excluding carboxylic acids is 1. The summed E-state index contributed by atoms with van der Waals surface area (Å²) in [4.78, 5) is 28.8. The Labute approximate surface area is 200 Å². The lowest BCUT2D eigenvalue weighted by Gasteiger charge is -2.24. The number of nitrogens with zero attached hydrogens (tertiary/aromatic N) is 1. The topological polar surface area (TPSA) is 85.7 Å². The van der Waals surface area contributed by atoms with Crippen LogP contribution in [0, 0.1) is 0 Å². The Hall–Kier alpha value is -3.90. The molecule has 1 aliphatic heterocycles. The normalized spacial score (nSPS) is 14.8. The second kappa shape index (κ2) is 9.15.